The van der Waals surface area contributed by atoms with Crippen molar-refractivity contribution in [3.63, 3.8) is 0 Å². The summed E-state index contributed by atoms with van der Waals surface area (Å²) in [5.41, 5.74) is 0.579. The van der Waals surface area contributed by atoms with Crippen molar-refractivity contribution in [2.75, 3.05) is 0 Å². The molecule has 2 aliphatic heterocycles. The van der Waals surface area contributed by atoms with Gasteiger partial charge in [-0.2, -0.15) is 8.78 Å². The predicted octanol–water partition coefficient (Wildman–Crippen LogP) is 3.39. The Morgan fingerprint density at radius 1 is 1.25 bits per heavy atom. The minimum atomic E-state index is -3.70. The summed E-state index contributed by atoms with van der Waals surface area (Å²) in [6.07, 6.45) is -2.65. The lowest BCUT2D eigenvalue weighted by Gasteiger charge is -2.29. The average molecular weight is 464 g/mol. The standard InChI is InChI=1S/C23H19ClF2N2O4/c24-16-5-3-15(4-6-16)23(25,26)19(29)9-2-13-1-7-17-14(11-13)12-28(22(17)32)18-8-10-20(30)27-21(18)31/h1,3-7,11,18H,2,8-10,12H2,(H,27,30,31)/i8D,18D/hD. The van der Waals surface area contributed by atoms with Gasteiger partial charge in [0.1, 0.15) is 6.02 Å². The summed E-state index contributed by atoms with van der Waals surface area (Å²) in [5, 5.41) is 0.272. The van der Waals surface area contributed by atoms with Gasteiger partial charge in [0.15, 0.2) is 1.41 Å². The van der Waals surface area contributed by atoms with E-state index in [1.807, 2.05) is 0 Å². The maximum absolute atomic E-state index is 14.5. The molecule has 166 valence electrons. The predicted molar refractivity (Wildman–Crippen MR) is 111 cm³/mol. The van der Waals surface area contributed by atoms with E-state index < -0.39 is 60.2 Å². The lowest BCUT2D eigenvalue weighted by Crippen LogP contribution is -2.52. The molecule has 2 aromatic rings. The number of ketones is 1. The number of aryl methyl sites for hydroxylation is 1. The Labute approximate surface area is 191 Å². The highest BCUT2D eigenvalue weighted by Crippen LogP contribution is 2.32. The molecule has 9 heteroatoms. The Balaban J connectivity index is 1.50. The Morgan fingerprint density at radius 2 is 1.97 bits per heavy atom. The first kappa shape index (κ1) is 18.4. The molecule has 2 heterocycles. The molecular weight excluding hydrogens is 442 g/mol. The van der Waals surface area contributed by atoms with Crippen LogP contribution < -0.4 is 5.31 Å². The van der Waals surface area contributed by atoms with Crippen LogP contribution in [0, 0.1) is 0 Å². The number of amides is 3. The highest BCUT2D eigenvalue weighted by atomic mass is 35.5. The van der Waals surface area contributed by atoms with Gasteiger partial charge in [-0.25, -0.2) is 0 Å². The minimum absolute atomic E-state index is 0.00616. The van der Waals surface area contributed by atoms with Gasteiger partial charge in [-0.15, -0.1) is 0 Å². The van der Waals surface area contributed by atoms with E-state index in [0.717, 1.165) is 17.0 Å². The van der Waals surface area contributed by atoms with Gasteiger partial charge in [0, 0.05) is 36.9 Å². The number of carbonyl (C=O) groups is 4. The number of benzene rings is 2. The third-order valence-electron chi connectivity index (χ3n) is 5.38. The summed E-state index contributed by atoms with van der Waals surface area (Å²) >= 11 is 5.71. The summed E-state index contributed by atoms with van der Waals surface area (Å²) in [6, 6.07) is 6.69. The molecule has 0 saturated carbocycles. The number of Topliss-reactive ketones (excluding diaryl/α,β-unsaturated/α-hetero) is 1. The Kier molecular flexibility index (Phi) is 4.86. The Hall–Kier alpha value is -3.13. The summed E-state index contributed by atoms with van der Waals surface area (Å²) in [5.74, 6) is -7.90. The van der Waals surface area contributed by atoms with Gasteiger partial charge in [-0.1, -0.05) is 35.9 Å². The van der Waals surface area contributed by atoms with Crippen molar-refractivity contribution in [3.8, 4) is 0 Å². The van der Waals surface area contributed by atoms with Crippen LogP contribution in [0.25, 0.3) is 0 Å². The number of imide groups is 1. The van der Waals surface area contributed by atoms with Crippen LogP contribution in [0.1, 0.15) is 49.0 Å². The second-order valence-corrected chi connectivity index (χ2v) is 7.93. The minimum Gasteiger partial charge on any atom is -0.322 e. The smallest absolute Gasteiger partial charge is 0.322 e. The van der Waals surface area contributed by atoms with Crippen LogP contribution in [0.3, 0.4) is 0 Å². The van der Waals surface area contributed by atoms with E-state index in [9.17, 15) is 28.0 Å². The van der Waals surface area contributed by atoms with E-state index in [1.54, 1.807) is 0 Å². The molecule has 3 amide bonds. The van der Waals surface area contributed by atoms with Crippen LogP contribution >= 0.6 is 11.6 Å². The summed E-state index contributed by atoms with van der Waals surface area (Å²) < 4.78 is 53.2. The van der Waals surface area contributed by atoms with Gasteiger partial charge in [-0.05, 0) is 42.1 Å². The number of nitrogens with one attached hydrogen (secondary N) is 1. The van der Waals surface area contributed by atoms with Crippen molar-refractivity contribution in [2.45, 2.75) is 44.1 Å². The van der Waals surface area contributed by atoms with Crippen molar-refractivity contribution in [1.82, 2.24) is 10.2 Å². The first-order valence-corrected chi connectivity index (χ1v) is 10.1. The molecule has 1 N–H and O–H groups in total. The summed E-state index contributed by atoms with van der Waals surface area (Å²) in [7, 11) is 0. The highest BCUT2D eigenvalue weighted by Gasteiger charge is 2.41. The fourth-order valence-electron chi connectivity index (χ4n) is 3.67. The molecule has 0 radical (unpaired) electrons. The van der Waals surface area contributed by atoms with Crippen molar-refractivity contribution < 1.29 is 32.1 Å². The molecule has 6 nitrogen and oxygen atoms in total. The van der Waals surface area contributed by atoms with Crippen LogP contribution in [0.2, 0.25) is 6.43 Å². The molecule has 2 aromatic carbocycles. The molecule has 1 saturated heterocycles. The van der Waals surface area contributed by atoms with Crippen LogP contribution in [-0.4, -0.2) is 34.4 Å². The van der Waals surface area contributed by atoms with E-state index in [0.29, 0.717) is 11.1 Å². The maximum atomic E-state index is 14.5. The first-order valence-electron chi connectivity index (χ1n) is 11.3. The molecule has 0 spiro atoms. The van der Waals surface area contributed by atoms with Gasteiger partial charge in [0.25, 0.3) is 5.91 Å². The quantitative estimate of drug-likeness (QED) is 0.665. The summed E-state index contributed by atoms with van der Waals surface area (Å²) in [6.45, 7) is -0.233. The monoisotopic (exact) mass is 463 g/mol. The number of carbonyl (C=O) groups excluding carboxylic acids is 4. The number of fused-ring (bicyclic) bond motifs is 1. The fraction of sp³-hybridized carbons (Fsp3) is 0.304. The molecule has 0 bridgehead atoms. The number of hydrogen-bond acceptors (Lipinski definition) is 4. The van der Waals surface area contributed by atoms with Gasteiger partial charge in [0.05, 0.1) is 1.37 Å². The van der Waals surface area contributed by atoms with Crippen molar-refractivity contribution in [2.24, 2.45) is 0 Å². The normalized spacial score (nSPS) is 24.8. The number of nitrogens with zero attached hydrogens (tertiary/aromatic N) is 1. The lowest BCUT2D eigenvalue weighted by molar-refractivity contribution is -0.144. The zero-order valence-corrected chi connectivity index (χ0v) is 17.4. The van der Waals surface area contributed by atoms with Crippen molar-refractivity contribution in [3.05, 3.63) is 69.7 Å². The van der Waals surface area contributed by atoms with Crippen LogP contribution in [-0.2, 0) is 33.3 Å². The molecule has 32 heavy (non-hydrogen) atoms. The average Bonchev–Trinajstić information content (AvgIpc) is 3.16. The first-order chi connectivity index (χ1) is 16.4. The van der Waals surface area contributed by atoms with Gasteiger partial charge < -0.3 is 4.90 Å². The van der Waals surface area contributed by atoms with Crippen LogP contribution in [0.5, 0.6) is 0 Å². The molecule has 1 fully saturated rings. The van der Waals surface area contributed by atoms with Crippen molar-refractivity contribution in [1.29, 1.82) is 0 Å². The third kappa shape index (κ3) is 4.14. The SMILES string of the molecule is [2H]C1CC(=O)N([2H])C(=O)C1([2H])N1Cc2cc(CCC(=O)C(F)(F)c3ccc(Cl)cc3)ccc2C1=O. The van der Waals surface area contributed by atoms with Gasteiger partial charge >= 0.3 is 5.92 Å². The molecule has 2 aliphatic rings. The van der Waals surface area contributed by atoms with E-state index in [1.165, 1.54) is 30.3 Å². The maximum Gasteiger partial charge on any atom is 0.330 e. The Morgan fingerprint density at radius 3 is 2.69 bits per heavy atom. The number of hydrogen-bond donors (Lipinski definition) is 1. The van der Waals surface area contributed by atoms with Gasteiger partial charge in [-0.3, -0.25) is 24.5 Å². The number of piperidine rings is 1. The summed E-state index contributed by atoms with van der Waals surface area (Å²) in [4.78, 5) is 50.2. The molecule has 2 unspecified atom stereocenters. The number of halogens is 3. The van der Waals surface area contributed by atoms with Crippen LogP contribution in [0.15, 0.2) is 42.5 Å². The fourth-order valence-corrected chi connectivity index (χ4v) is 3.80. The molecular formula is C23H19ClF2N2O4. The zero-order valence-electron chi connectivity index (χ0n) is 19.6. The van der Waals surface area contributed by atoms with E-state index in [4.69, 9.17) is 15.8 Å². The topological polar surface area (TPSA) is 83.6 Å². The Bertz CT molecular complexity index is 1240. The lowest BCUT2D eigenvalue weighted by atomic mass is 9.97. The second-order valence-electron chi connectivity index (χ2n) is 7.49. The van der Waals surface area contributed by atoms with Crippen molar-refractivity contribution >= 4 is 35.1 Å². The van der Waals surface area contributed by atoms with Crippen LogP contribution in [0.4, 0.5) is 8.78 Å². The zero-order chi connectivity index (χ0) is 25.7. The molecule has 0 aliphatic carbocycles. The van der Waals surface area contributed by atoms with Gasteiger partial charge in [0.2, 0.25) is 17.6 Å². The number of alkyl halides is 2. The van der Waals surface area contributed by atoms with E-state index in [-0.39, 0.29) is 28.9 Å². The highest BCUT2D eigenvalue weighted by molar-refractivity contribution is 6.30. The second kappa shape index (κ2) is 8.43. The molecule has 0 aromatic heterocycles. The third-order valence-corrected chi connectivity index (χ3v) is 5.63. The molecule has 2 atom stereocenters. The van der Waals surface area contributed by atoms with E-state index in [2.05, 4.69) is 0 Å². The number of rotatable bonds is 6. The largest absolute Gasteiger partial charge is 0.330 e. The molecule has 4 rings (SSSR count). The van der Waals surface area contributed by atoms with E-state index >= 15 is 0 Å².